The Labute approximate surface area is 117 Å². The Kier molecular flexibility index (Phi) is 2.81. The minimum absolute atomic E-state index is 0.161. The Morgan fingerprint density at radius 2 is 2.26 bits per heavy atom. The van der Waals surface area contributed by atoms with Crippen molar-refractivity contribution in [2.75, 3.05) is 5.32 Å². The van der Waals surface area contributed by atoms with Gasteiger partial charge in [0.05, 0.1) is 0 Å². The fraction of sp³-hybridized carbons (Fsp3) is 0.769. The molecule has 1 aromatic rings. The molecule has 2 amide bonds. The van der Waals surface area contributed by atoms with Crippen LogP contribution in [-0.2, 0) is 0 Å². The van der Waals surface area contributed by atoms with Crippen LogP contribution >= 0.6 is 11.3 Å². The van der Waals surface area contributed by atoms with Crippen molar-refractivity contribution in [1.82, 2.24) is 15.5 Å². The van der Waals surface area contributed by atoms with Gasteiger partial charge in [0, 0.05) is 6.04 Å². The Morgan fingerprint density at radius 1 is 1.47 bits per heavy atom. The summed E-state index contributed by atoms with van der Waals surface area (Å²) >= 11 is 1.33. The fourth-order valence-electron chi connectivity index (χ4n) is 3.94. The Balaban J connectivity index is 1.67. The molecule has 0 radical (unpaired) electrons. The standard InChI is InChI=1S/C13H20N4OS/c1-12(2)8-4-5-13(12,3)9(6-8)15-10(18)16-11-17-14-7-19-11/h7-9H,4-6H2,1-3H3,(H2,15,16,17,18). The third-order valence-corrected chi connectivity index (χ3v) is 6.29. The summed E-state index contributed by atoms with van der Waals surface area (Å²) in [7, 11) is 0. The molecule has 2 N–H and O–H groups in total. The number of hydrogen-bond acceptors (Lipinski definition) is 4. The minimum Gasteiger partial charge on any atom is -0.334 e. The third kappa shape index (κ3) is 1.84. The molecule has 2 saturated carbocycles. The number of rotatable bonds is 2. The number of carbonyl (C=O) groups excluding carboxylic acids is 1. The predicted octanol–water partition coefficient (Wildman–Crippen LogP) is 2.87. The summed E-state index contributed by atoms with van der Waals surface area (Å²) in [5.41, 5.74) is 2.13. The molecule has 6 heteroatoms. The van der Waals surface area contributed by atoms with Gasteiger partial charge in [-0.15, -0.1) is 10.2 Å². The highest BCUT2D eigenvalue weighted by Crippen LogP contribution is 2.65. The second-order valence-electron chi connectivity index (χ2n) is 6.51. The molecule has 2 aliphatic carbocycles. The molecule has 0 aromatic carbocycles. The Hall–Kier alpha value is -1.17. The number of fused-ring (bicyclic) bond motifs is 2. The van der Waals surface area contributed by atoms with Crippen LogP contribution < -0.4 is 10.6 Å². The smallest absolute Gasteiger partial charge is 0.321 e. The minimum atomic E-state index is -0.161. The van der Waals surface area contributed by atoms with Crippen LogP contribution in [0.3, 0.4) is 0 Å². The molecule has 19 heavy (non-hydrogen) atoms. The maximum Gasteiger partial charge on any atom is 0.321 e. The van der Waals surface area contributed by atoms with Crippen molar-refractivity contribution in [2.24, 2.45) is 16.7 Å². The van der Waals surface area contributed by atoms with E-state index in [1.54, 1.807) is 5.51 Å². The summed E-state index contributed by atoms with van der Waals surface area (Å²) in [6, 6.07) is 0.0977. The van der Waals surface area contributed by atoms with E-state index in [4.69, 9.17) is 0 Å². The van der Waals surface area contributed by atoms with E-state index in [2.05, 4.69) is 41.6 Å². The van der Waals surface area contributed by atoms with E-state index in [1.165, 1.54) is 24.2 Å². The van der Waals surface area contributed by atoms with Crippen molar-refractivity contribution in [3.8, 4) is 0 Å². The molecule has 0 aliphatic heterocycles. The summed E-state index contributed by atoms with van der Waals surface area (Å²) in [5, 5.41) is 14.0. The highest BCUT2D eigenvalue weighted by molar-refractivity contribution is 7.13. The Morgan fingerprint density at radius 3 is 2.79 bits per heavy atom. The van der Waals surface area contributed by atoms with Gasteiger partial charge in [-0.2, -0.15) is 0 Å². The number of nitrogens with one attached hydrogen (secondary N) is 2. The van der Waals surface area contributed by atoms with Gasteiger partial charge in [0.15, 0.2) is 0 Å². The van der Waals surface area contributed by atoms with Crippen molar-refractivity contribution in [2.45, 2.75) is 46.1 Å². The summed E-state index contributed by atoms with van der Waals surface area (Å²) < 4.78 is 0. The first kappa shape index (κ1) is 12.8. The van der Waals surface area contributed by atoms with E-state index >= 15 is 0 Å². The number of nitrogens with zero attached hydrogens (tertiary/aromatic N) is 2. The van der Waals surface area contributed by atoms with Crippen molar-refractivity contribution in [1.29, 1.82) is 0 Å². The molecule has 1 heterocycles. The number of hydrogen-bond donors (Lipinski definition) is 2. The molecule has 3 atom stereocenters. The first-order valence-electron chi connectivity index (χ1n) is 6.77. The first-order valence-corrected chi connectivity index (χ1v) is 7.65. The van der Waals surface area contributed by atoms with Crippen molar-refractivity contribution >= 4 is 22.5 Å². The Bertz CT molecular complexity index is 487. The maximum atomic E-state index is 12.0. The van der Waals surface area contributed by atoms with Crippen molar-refractivity contribution < 1.29 is 4.79 Å². The average molecular weight is 280 g/mol. The summed E-state index contributed by atoms with van der Waals surface area (Å²) in [6.45, 7) is 7.00. The van der Waals surface area contributed by atoms with Gasteiger partial charge in [0.1, 0.15) is 5.51 Å². The number of anilines is 1. The van der Waals surface area contributed by atoms with Crippen LogP contribution in [0.2, 0.25) is 0 Å². The highest BCUT2D eigenvalue weighted by Gasteiger charge is 2.61. The fourth-order valence-corrected chi connectivity index (χ4v) is 4.38. The first-order chi connectivity index (χ1) is 8.93. The van der Waals surface area contributed by atoms with Crippen LogP contribution in [0, 0.1) is 16.7 Å². The lowest BCUT2D eigenvalue weighted by molar-refractivity contribution is 0.125. The second kappa shape index (κ2) is 4.16. The SMILES string of the molecule is CC1(C)C2CCC1(C)C(NC(=O)Nc1nncs1)C2. The molecule has 1 aromatic heterocycles. The molecular formula is C13H20N4OS. The molecule has 2 bridgehead atoms. The molecule has 3 unspecified atom stereocenters. The summed E-state index contributed by atoms with van der Waals surface area (Å²) in [6.07, 6.45) is 3.58. The lowest BCUT2D eigenvalue weighted by Crippen LogP contribution is -2.48. The van der Waals surface area contributed by atoms with Crippen LogP contribution in [0.15, 0.2) is 5.51 Å². The maximum absolute atomic E-state index is 12.0. The van der Waals surface area contributed by atoms with E-state index < -0.39 is 0 Å². The quantitative estimate of drug-likeness (QED) is 0.875. The molecule has 3 rings (SSSR count). The van der Waals surface area contributed by atoms with E-state index in [0.717, 1.165) is 12.3 Å². The molecule has 104 valence electrons. The van der Waals surface area contributed by atoms with Gasteiger partial charge in [-0.1, -0.05) is 32.1 Å². The molecule has 2 fully saturated rings. The van der Waals surface area contributed by atoms with Crippen LogP contribution in [0.25, 0.3) is 0 Å². The van der Waals surface area contributed by atoms with Gasteiger partial charge >= 0.3 is 6.03 Å². The molecule has 0 spiro atoms. The lowest BCUT2D eigenvalue weighted by atomic mass is 9.69. The van der Waals surface area contributed by atoms with Gasteiger partial charge in [0.2, 0.25) is 5.13 Å². The number of aromatic nitrogens is 2. The van der Waals surface area contributed by atoms with Crippen molar-refractivity contribution in [3.63, 3.8) is 0 Å². The highest BCUT2D eigenvalue weighted by atomic mass is 32.1. The largest absolute Gasteiger partial charge is 0.334 e. The van der Waals surface area contributed by atoms with Crippen LogP contribution in [0.1, 0.15) is 40.0 Å². The van der Waals surface area contributed by atoms with E-state index in [-0.39, 0.29) is 17.5 Å². The van der Waals surface area contributed by atoms with Gasteiger partial charge < -0.3 is 5.32 Å². The zero-order valence-corrected chi connectivity index (χ0v) is 12.4. The molecular weight excluding hydrogens is 260 g/mol. The van der Waals surface area contributed by atoms with Crippen LogP contribution in [0.4, 0.5) is 9.93 Å². The van der Waals surface area contributed by atoms with Gasteiger partial charge in [0.25, 0.3) is 0 Å². The molecule has 5 nitrogen and oxygen atoms in total. The zero-order chi connectivity index (χ0) is 13.7. The predicted molar refractivity (Wildman–Crippen MR) is 75.1 cm³/mol. The number of urea groups is 1. The second-order valence-corrected chi connectivity index (χ2v) is 7.34. The topological polar surface area (TPSA) is 66.9 Å². The molecule has 2 aliphatic rings. The van der Waals surface area contributed by atoms with Gasteiger partial charge in [-0.25, -0.2) is 4.79 Å². The van der Waals surface area contributed by atoms with Crippen LogP contribution in [-0.4, -0.2) is 22.3 Å². The number of amides is 2. The summed E-state index contributed by atoms with van der Waals surface area (Å²) in [4.78, 5) is 12.0. The monoisotopic (exact) mass is 280 g/mol. The normalized spacial score (nSPS) is 35.3. The lowest BCUT2D eigenvalue weighted by Gasteiger charge is -2.39. The van der Waals surface area contributed by atoms with Gasteiger partial charge in [-0.3, -0.25) is 5.32 Å². The zero-order valence-electron chi connectivity index (χ0n) is 11.6. The van der Waals surface area contributed by atoms with E-state index in [0.29, 0.717) is 10.5 Å². The van der Waals surface area contributed by atoms with Crippen molar-refractivity contribution in [3.05, 3.63) is 5.51 Å². The molecule has 0 saturated heterocycles. The average Bonchev–Trinajstić information content (AvgIpc) is 2.95. The van der Waals surface area contributed by atoms with E-state index in [9.17, 15) is 4.79 Å². The van der Waals surface area contributed by atoms with Crippen LogP contribution in [0.5, 0.6) is 0 Å². The summed E-state index contributed by atoms with van der Waals surface area (Å²) in [5.74, 6) is 0.726. The third-order valence-electron chi connectivity index (χ3n) is 5.68. The van der Waals surface area contributed by atoms with E-state index in [1.807, 2.05) is 0 Å². The van der Waals surface area contributed by atoms with Gasteiger partial charge in [-0.05, 0) is 36.0 Å². The number of carbonyl (C=O) groups is 1.